The van der Waals surface area contributed by atoms with Crippen molar-refractivity contribution in [1.29, 1.82) is 0 Å². The van der Waals surface area contributed by atoms with Crippen LogP contribution in [0.2, 0.25) is 5.02 Å². The van der Waals surface area contributed by atoms with Crippen molar-refractivity contribution in [3.63, 3.8) is 0 Å². The van der Waals surface area contributed by atoms with E-state index in [1.54, 1.807) is 37.8 Å². The fourth-order valence-corrected chi connectivity index (χ4v) is 14.8. The first-order valence-electron chi connectivity index (χ1n) is 35.2. The molecule has 2 aromatic rings. The summed E-state index contributed by atoms with van der Waals surface area (Å²) in [5.74, 6) is -9.29. The van der Waals surface area contributed by atoms with Crippen LogP contribution in [0.1, 0.15) is 154 Å². The van der Waals surface area contributed by atoms with Crippen molar-refractivity contribution in [2.75, 3.05) is 75.0 Å². The molecule has 4 aliphatic heterocycles. The molecule has 1 aliphatic carbocycles. The van der Waals surface area contributed by atoms with E-state index in [1.807, 2.05) is 39.8 Å². The number of rotatable bonds is 11. The van der Waals surface area contributed by atoms with Crippen LogP contribution in [0.5, 0.6) is 0 Å². The predicted octanol–water partition coefficient (Wildman–Crippen LogP) is 5.22. The molecular formula is C72H104ClF3N12O12. The minimum atomic E-state index is -4.77. The van der Waals surface area contributed by atoms with Crippen LogP contribution >= 0.6 is 11.6 Å². The Morgan fingerprint density at radius 3 is 1.84 bits per heavy atom. The zero-order valence-corrected chi connectivity index (χ0v) is 61.3. The third-order valence-corrected chi connectivity index (χ3v) is 21.5. The van der Waals surface area contributed by atoms with Crippen LogP contribution in [0.4, 0.5) is 13.2 Å². The Morgan fingerprint density at radius 1 is 0.650 bits per heavy atom. The molecule has 1 spiro atoms. The normalized spacial score (nSPS) is 26.5. The summed E-state index contributed by atoms with van der Waals surface area (Å²) in [6.45, 7) is 14.3. The number of halogens is 4. The summed E-state index contributed by atoms with van der Waals surface area (Å²) >= 11 is 6.15. The van der Waals surface area contributed by atoms with Gasteiger partial charge in [0.25, 0.3) is 0 Å². The monoisotopic (exact) mass is 1420 g/mol. The Morgan fingerprint density at radius 2 is 1.27 bits per heavy atom. The van der Waals surface area contributed by atoms with Crippen LogP contribution in [-0.2, 0) is 76.6 Å². The third-order valence-electron chi connectivity index (χ3n) is 21.2. The van der Waals surface area contributed by atoms with Crippen molar-refractivity contribution in [3.8, 4) is 0 Å². The molecule has 2 aromatic carbocycles. The van der Waals surface area contributed by atoms with Crippen molar-refractivity contribution in [1.82, 2.24) is 60.0 Å². The maximum Gasteiger partial charge on any atom is 0.417 e. The topological polar surface area (TPSA) is 270 Å². The number of hydrogen-bond donors (Lipinski definition) is 3. The van der Waals surface area contributed by atoms with E-state index >= 15 is 19.2 Å². The molecule has 4 heterocycles. The number of likely N-dealkylation sites (N-methyl/N-ethyl adjacent to an activating group) is 6. The van der Waals surface area contributed by atoms with Crippen LogP contribution in [0.3, 0.4) is 0 Å². The number of aryl methyl sites for hydroxylation is 2. The van der Waals surface area contributed by atoms with E-state index in [2.05, 4.69) is 16.0 Å². The summed E-state index contributed by atoms with van der Waals surface area (Å²) in [7, 11) is 8.44. The summed E-state index contributed by atoms with van der Waals surface area (Å²) < 4.78 is 41.6. The van der Waals surface area contributed by atoms with Crippen molar-refractivity contribution in [2.24, 2.45) is 17.8 Å². The highest BCUT2D eigenvalue weighted by molar-refractivity contribution is 6.31. The lowest BCUT2D eigenvalue weighted by Gasteiger charge is -2.45. The first-order chi connectivity index (χ1) is 46.9. The Balaban J connectivity index is 1.29. The lowest BCUT2D eigenvalue weighted by molar-refractivity contribution is -0.160. The number of nitrogens with zero attached hydrogens (tertiary/aromatic N) is 9. The van der Waals surface area contributed by atoms with E-state index in [-0.39, 0.29) is 75.9 Å². The van der Waals surface area contributed by atoms with Gasteiger partial charge in [-0.05, 0) is 119 Å². The van der Waals surface area contributed by atoms with E-state index in [1.165, 1.54) is 89.6 Å². The Hall–Kier alpha value is -7.84. The quantitative estimate of drug-likeness (QED) is 0.261. The van der Waals surface area contributed by atoms with Gasteiger partial charge in [0.15, 0.2) is 0 Å². The number of carbonyl (C=O) groups is 12. The van der Waals surface area contributed by atoms with Gasteiger partial charge in [0.2, 0.25) is 70.9 Å². The van der Waals surface area contributed by atoms with Crippen LogP contribution in [0, 0.1) is 24.7 Å². The highest BCUT2D eigenvalue weighted by atomic mass is 35.5. The molecule has 3 N–H and O–H groups in total. The molecule has 0 radical (unpaired) electrons. The fourth-order valence-electron chi connectivity index (χ4n) is 14.5. The largest absolute Gasteiger partial charge is 0.417 e. The van der Waals surface area contributed by atoms with Crippen molar-refractivity contribution in [2.45, 2.75) is 218 Å². The molecule has 0 bridgehead atoms. The first-order valence-corrected chi connectivity index (χ1v) is 35.6. The summed E-state index contributed by atoms with van der Waals surface area (Å²) in [6.07, 6.45) is -1.93. The Bertz CT molecular complexity index is 3360. The fraction of sp³-hybridized carbons (Fsp3) is 0.667. The van der Waals surface area contributed by atoms with Gasteiger partial charge in [0, 0.05) is 74.9 Å². The minimum absolute atomic E-state index is 0.0175. The van der Waals surface area contributed by atoms with E-state index in [9.17, 15) is 51.5 Å². The van der Waals surface area contributed by atoms with Crippen LogP contribution in [-0.4, -0.2) is 250 Å². The number of fused-ring (bicyclic) bond motifs is 2. The third kappa shape index (κ3) is 18.3. The van der Waals surface area contributed by atoms with Crippen LogP contribution in [0.15, 0.2) is 42.5 Å². The van der Waals surface area contributed by atoms with Crippen molar-refractivity contribution in [3.05, 3.63) is 69.7 Å². The summed E-state index contributed by atoms with van der Waals surface area (Å²) in [4.78, 5) is 191. The van der Waals surface area contributed by atoms with Gasteiger partial charge in [-0.15, -0.1) is 0 Å². The molecule has 552 valence electrons. The number of hydrogen-bond acceptors (Lipinski definition) is 12. The molecule has 100 heavy (non-hydrogen) atoms. The highest BCUT2D eigenvalue weighted by Crippen LogP contribution is 2.37. The number of amides is 12. The highest BCUT2D eigenvalue weighted by Gasteiger charge is 2.51. The Kier molecular flexibility index (Phi) is 26.8. The van der Waals surface area contributed by atoms with E-state index in [4.69, 9.17) is 11.6 Å². The van der Waals surface area contributed by atoms with Gasteiger partial charge in [-0.3, -0.25) is 57.5 Å². The number of alkyl halides is 3. The molecule has 7 rings (SSSR count). The van der Waals surface area contributed by atoms with Gasteiger partial charge in [0.1, 0.15) is 59.9 Å². The molecule has 28 heteroatoms. The zero-order valence-electron chi connectivity index (χ0n) is 60.5. The first kappa shape index (κ1) is 79.5. The van der Waals surface area contributed by atoms with Gasteiger partial charge in [-0.2, -0.15) is 13.2 Å². The molecule has 0 unspecified atom stereocenters. The molecule has 4 saturated heterocycles. The van der Waals surface area contributed by atoms with E-state index in [0.29, 0.717) is 57.2 Å². The number of carbonyl (C=O) groups excluding carboxylic acids is 12. The maximum atomic E-state index is 15.4. The lowest BCUT2D eigenvalue weighted by Crippen LogP contribution is -2.65. The SMILES string of the molecule is CC[C@H](C)[C@@H]1NC(=O)[C@H](CC(C)C)N(C)C(=O)C[C@@H](C(=O)N2CCCC2)N(C)C(=O)[C@H](C(C)C)N(C)C(=O)C2(CCCC2)NC(=O)[C@@H]2CCCN2C(=O)[C@H](CCc2ccc(C(F)(F)F)c(Cl)c2)NC(=O)CN(C)C(=O)[C@H](Cc2ccc(C)cc2)N(C)C(=O)[C@@H]2CCN2C(=O)[C@H](C)N(C)C1=O. The minimum Gasteiger partial charge on any atom is -0.343 e. The molecule has 12 amide bonds. The molecule has 24 nitrogen and oxygen atoms in total. The standard InChI is InChI=1S/C72H104ClF3N12O12/c1-15-45(7)59-68(98)81(10)46(8)63(93)88-36-30-53(88)66(96)83(12)55(39-48-24-22-44(6)23-25-48)65(95)80(9)41-57(89)77-51(29-27-47-26-28-49(50(73)38-47)72(74,75)76)64(94)87-35-20-21-52(87)62(92)79-71(31-16-17-32-71)70(100)85(14)60(43(4)5)69(99)84(13)56(67(97)86-33-18-19-34-86)40-58(90)82(11)54(37-42(2)3)61(91)78-59/h22-26,28,38,42-43,45-46,51-56,59-60H,15-21,27,29-37,39-41H2,1-14H3,(H,77,89)(H,78,91)(H,79,92)/t45-,46-,51-,52-,53-,54-,55-,56-,59-,60-/m0/s1. The predicted molar refractivity (Wildman–Crippen MR) is 368 cm³/mol. The summed E-state index contributed by atoms with van der Waals surface area (Å²) in [5, 5.41) is 8.09. The van der Waals surface area contributed by atoms with Gasteiger partial charge >= 0.3 is 6.18 Å². The molecule has 10 atom stereocenters. The van der Waals surface area contributed by atoms with E-state index in [0.717, 1.165) is 22.6 Å². The zero-order chi connectivity index (χ0) is 74.2. The van der Waals surface area contributed by atoms with Gasteiger partial charge < -0.3 is 60.0 Å². The van der Waals surface area contributed by atoms with E-state index < -0.39 is 172 Å². The Labute approximate surface area is 591 Å². The molecule has 1 saturated carbocycles. The average Bonchev–Trinajstić information content (AvgIpc) is 1.07. The molecule has 5 fully saturated rings. The van der Waals surface area contributed by atoms with Gasteiger partial charge in [-0.1, -0.05) is 108 Å². The average molecular weight is 1420 g/mol. The smallest absolute Gasteiger partial charge is 0.343 e. The second kappa shape index (κ2) is 33.8. The van der Waals surface area contributed by atoms with Crippen LogP contribution in [0.25, 0.3) is 0 Å². The molecule has 5 aliphatic rings. The number of likely N-dealkylation sites (tertiary alicyclic amines) is 1. The lowest BCUT2D eigenvalue weighted by atomic mass is 9.91. The van der Waals surface area contributed by atoms with Crippen LogP contribution < -0.4 is 16.0 Å². The molecule has 0 aromatic heterocycles. The summed E-state index contributed by atoms with van der Waals surface area (Å²) in [6, 6.07) is -0.947. The van der Waals surface area contributed by atoms with Crippen molar-refractivity contribution < 1.29 is 70.7 Å². The van der Waals surface area contributed by atoms with Gasteiger partial charge in [-0.25, -0.2) is 0 Å². The number of nitrogens with one attached hydrogen (secondary N) is 3. The maximum absolute atomic E-state index is 15.4. The summed E-state index contributed by atoms with van der Waals surface area (Å²) in [5.41, 5.74) is -0.823. The number of benzene rings is 2. The second-order valence-corrected chi connectivity index (χ2v) is 29.5. The molecular weight excluding hydrogens is 1320 g/mol. The van der Waals surface area contributed by atoms with Gasteiger partial charge in [0.05, 0.1) is 23.6 Å². The van der Waals surface area contributed by atoms with Crippen molar-refractivity contribution >= 4 is 82.5 Å². The second-order valence-electron chi connectivity index (χ2n) is 29.1.